The van der Waals surface area contributed by atoms with Gasteiger partial charge in [-0.3, -0.25) is 0 Å². The van der Waals surface area contributed by atoms with Gasteiger partial charge in [-0.25, -0.2) is 0 Å². The lowest BCUT2D eigenvalue weighted by molar-refractivity contribution is 0.537. The van der Waals surface area contributed by atoms with Gasteiger partial charge in [-0.2, -0.15) is 0 Å². The summed E-state index contributed by atoms with van der Waals surface area (Å²) >= 11 is 15.7. The van der Waals surface area contributed by atoms with Crippen molar-refractivity contribution in [3.8, 4) is 0 Å². The third-order valence-corrected chi connectivity index (χ3v) is 21.4. The summed E-state index contributed by atoms with van der Waals surface area (Å²) in [6.07, 6.45) is 0. The number of allylic oxidation sites excluding steroid dienone is 4. The van der Waals surface area contributed by atoms with Gasteiger partial charge in [0.25, 0.3) is 0 Å². The van der Waals surface area contributed by atoms with Crippen LogP contribution in [0.1, 0.15) is 13.8 Å². The smallest absolute Gasteiger partial charge is 0.169 e. The van der Waals surface area contributed by atoms with Gasteiger partial charge in [0, 0.05) is 40.0 Å². The molecule has 204 valence electrons. The first-order valence-corrected chi connectivity index (χ1v) is 19.2. The number of alkyl halides is 1. The Bertz CT molecular complexity index is 1620. The fourth-order valence-electron chi connectivity index (χ4n) is 5.55. The van der Waals surface area contributed by atoms with Crippen molar-refractivity contribution in [3.05, 3.63) is 140 Å². The maximum atomic E-state index is 16.1. The third-order valence-electron chi connectivity index (χ3n) is 7.80. The van der Waals surface area contributed by atoms with E-state index in [-0.39, 0.29) is 0 Å². The minimum Gasteiger partial charge on any atom is -0.313 e. The zero-order chi connectivity index (χ0) is 28.8. The van der Waals surface area contributed by atoms with Gasteiger partial charge in [0.2, 0.25) is 0 Å². The van der Waals surface area contributed by atoms with Crippen LogP contribution in [0.5, 0.6) is 0 Å². The fraction of sp³-hybridized carbons (Fsp3) is 0.125. The average molecular weight is 824 g/mol. The molecule has 4 aromatic carbocycles. The van der Waals surface area contributed by atoms with Crippen molar-refractivity contribution in [2.45, 2.75) is 23.3 Å². The summed E-state index contributed by atoms with van der Waals surface area (Å²) in [6.45, 7) is 4.01. The van der Waals surface area contributed by atoms with Gasteiger partial charge in [-0.15, -0.1) is 0 Å². The summed E-state index contributed by atoms with van der Waals surface area (Å²) in [5.41, 5.74) is 0. The number of benzene rings is 4. The Kier molecular flexibility index (Phi) is 8.64. The van der Waals surface area contributed by atoms with Crippen LogP contribution in [0.4, 0.5) is 0 Å². The maximum absolute atomic E-state index is 16.1. The molecule has 8 heteroatoms. The summed E-state index contributed by atoms with van der Waals surface area (Å²) in [6, 6.07) is 38.4. The second kappa shape index (κ2) is 11.4. The SMILES string of the molecule is CC1(Br)C(P(=O)(c2ccccc2)c2ccccc2)=C(Br)C(Br)=C(Br)C1(C)P(=O)(c1ccccc1)c1ccccc1. The molecule has 0 aromatic heterocycles. The second-order valence-electron chi connectivity index (χ2n) is 9.93. The van der Waals surface area contributed by atoms with E-state index in [4.69, 9.17) is 0 Å². The monoisotopic (exact) mass is 820 g/mol. The molecular formula is C32H26Br4O2P2. The lowest BCUT2D eigenvalue weighted by Crippen LogP contribution is -2.53. The van der Waals surface area contributed by atoms with Crippen LogP contribution in [0, 0.1) is 0 Å². The molecule has 4 aromatic rings. The highest BCUT2D eigenvalue weighted by Crippen LogP contribution is 2.76. The molecule has 0 saturated carbocycles. The van der Waals surface area contributed by atoms with Crippen molar-refractivity contribution in [1.82, 2.24) is 0 Å². The molecule has 5 rings (SSSR count). The Balaban J connectivity index is 1.92. The minimum absolute atomic E-state index is 0.641. The predicted molar refractivity (Wildman–Crippen MR) is 186 cm³/mol. The molecule has 0 heterocycles. The topological polar surface area (TPSA) is 34.1 Å². The van der Waals surface area contributed by atoms with E-state index in [9.17, 15) is 0 Å². The Morgan fingerprint density at radius 1 is 0.525 bits per heavy atom. The molecule has 0 amide bonds. The van der Waals surface area contributed by atoms with Gasteiger partial charge in [0.05, 0.1) is 9.48 Å². The van der Waals surface area contributed by atoms with E-state index in [0.717, 1.165) is 15.1 Å². The molecule has 0 bridgehead atoms. The van der Waals surface area contributed by atoms with Gasteiger partial charge in [-0.1, -0.05) is 153 Å². The van der Waals surface area contributed by atoms with Crippen LogP contribution in [-0.4, -0.2) is 9.48 Å². The maximum Gasteiger partial charge on any atom is 0.169 e. The molecule has 0 N–H and O–H groups in total. The van der Waals surface area contributed by atoms with E-state index in [2.05, 4.69) is 63.7 Å². The van der Waals surface area contributed by atoms with Crippen molar-refractivity contribution >= 4 is 99.2 Å². The summed E-state index contributed by atoms with van der Waals surface area (Å²) in [4.78, 5) is 0. The highest BCUT2D eigenvalue weighted by atomic mass is 79.9. The van der Waals surface area contributed by atoms with E-state index < -0.39 is 23.8 Å². The molecule has 2 unspecified atom stereocenters. The molecule has 40 heavy (non-hydrogen) atoms. The van der Waals surface area contributed by atoms with Crippen LogP contribution < -0.4 is 21.2 Å². The van der Waals surface area contributed by atoms with E-state index in [1.54, 1.807) is 0 Å². The standard InChI is InChI=1S/C32H26Br4O2P2/c1-31(36)30(39(37,23-15-7-3-8-16-23)24-17-9-4-10-18-24)28(34)27(33)29(35)32(31,2)40(38,25-19-11-5-12-20-25)26-21-13-6-14-22-26/h3-22H,1-2H3. The van der Waals surface area contributed by atoms with E-state index in [1.165, 1.54) is 0 Å². The largest absolute Gasteiger partial charge is 0.313 e. The molecule has 2 nitrogen and oxygen atoms in total. The molecule has 1 aliphatic rings. The Labute approximate surface area is 269 Å². The number of hydrogen-bond acceptors (Lipinski definition) is 2. The zero-order valence-electron chi connectivity index (χ0n) is 21.8. The highest BCUT2D eigenvalue weighted by Gasteiger charge is 2.65. The first-order chi connectivity index (χ1) is 19.0. The minimum atomic E-state index is -3.50. The molecule has 1 aliphatic carbocycles. The Morgan fingerprint density at radius 2 is 0.850 bits per heavy atom. The van der Waals surface area contributed by atoms with Crippen LogP contribution in [-0.2, 0) is 9.13 Å². The predicted octanol–water partition coefficient (Wildman–Crippen LogP) is 9.55. The van der Waals surface area contributed by atoms with Crippen molar-refractivity contribution in [3.63, 3.8) is 0 Å². The van der Waals surface area contributed by atoms with E-state index in [1.807, 2.05) is 135 Å². The van der Waals surface area contributed by atoms with Crippen molar-refractivity contribution < 1.29 is 9.13 Å². The number of hydrogen-bond donors (Lipinski definition) is 0. The molecule has 2 atom stereocenters. The van der Waals surface area contributed by atoms with Crippen molar-refractivity contribution in [2.75, 3.05) is 0 Å². The Hall–Kier alpha value is -1.26. The second-order valence-corrected chi connectivity index (χ2v) is 19.7. The first-order valence-electron chi connectivity index (χ1n) is 12.6. The average Bonchev–Trinajstić information content (AvgIpc) is 3.00. The summed E-state index contributed by atoms with van der Waals surface area (Å²) < 4.78 is 33.0. The normalized spacial score (nSPS) is 21.9. The fourth-order valence-corrected chi connectivity index (χ4v) is 18.7. The van der Waals surface area contributed by atoms with Crippen LogP contribution in [0.25, 0.3) is 0 Å². The lowest BCUT2D eigenvalue weighted by Gasteiger charge is -2.53. The summed E-state index contributed by atoms with van der Waals surface area (Å²) in [7, 11) is -6.99. The third kappa shape index (κ3) is 4.45. The van der Waals surface area contributed by atoms with Gasteiger partial charge < -0.3 is 9.13 Å². The first kappa shape index (κ1) is 30.2. The molecular weight excluding hydrogens is 798 g/mol. The summed E-state index contributed by atoms with van der Waals surface area (Å²) in [5, 5.41) is 2.38. The number of halogens is 4. The lowest BCUT2D eigenvalue weighted by atomic mass is 9.89. The van der Waals surface area contributed by atoms with Gasteiger partial charge >= 0.3 is 0 Å². The molecule has 0 spiro atoms. The quantitative estimate of drug-likeness (QED) is 0.144. The van der Waals surface area contributed by atoms with Crippen LogP contribution >= 0.6 is 78.0 Å². The molecule has 0 aliphatic heterocycles. The van der Waals surface area contributed by atoms with Crippen molar-refractivity contribution in [2.24, 2.45) is 0 Å². The molecule has 0 fully saturated rings. The highest BCUT2D eigenvalue weighted by molar-refractivity contribution is 9.16. The number of rotatable bonds is 6. The van der Waals surface area contributed by atoms with Crippen LogP contribution in [0.2, 0.25) is 0 Å². The Morgan fingerprint density at radius 3 is 1.20 bits per heavy atom. The van der Waals surface area contributed by atoms with Gasteiger partial charge in [0.1, 0.15) is 0 Å². The van der Waals surface area contributed by atoms with E-state index in [0.29, 0.717) is 24.9 Å². The van der Waals surface area contributed by atoms with Gasteiger partial charge in [-0.05, 0) is 45.7 Å². The van der Waals surface area contributed by atoms with Crippen LogP contribution in [0.15, 0.2) is 140 Å². The van der Waals surface area contributed by atoms with Gasteiger partial charge in [0.15, 0.2) is 14.3 Å². The summed E-state index contributed by atoms with van der Waals surface area (Å²) in [5.74, 6) is 0. The van der Waals surface area contributed by atoms with Crippen LogP contribution in [0.3, 0.4) is 0 Å². The van der Waals surface area contributed by atoms with Crippen molar-refractivity contribution in [1.29, 1.82) is 0 Å². The van der Waals surface area contributed by atoms with E-state index >= 15 is 9.13 Å². The molecule has 0 saturated heterocycles. The molecule has 0 radical (unpaired) electrons. The zero-order valence-corrected chi connectivity index (χ0v) is 29.9.